The lowest BCUT2D eigenvalue weighted by molar-refractivity contribution is -0.870. The van der Waals surface area contributed by atoms with E-state index in [0.717, 1.165) is 77.0 Å². The number of carboxylic acids is 1. The lowest BCUT2D eigenvalue weighted by Gasteiger charge is -2.25. The van der Waals surface area contributed by atoms with Crippen LogP contribution >= 0.6 is 0 Å². The van der Waals surface area contributed by atoms with E-state index in [1.54, 1.807) is 0 Å². The molecule has 0 aromatic rings. The summed E-state index contributed by atoms with van der Waals surface area (Å²) in [5.74, 6) is -2.01. The molecule has 0 aliphatic heterocycles. The second-order valence-electron chi connectivity index (χ2n) is 21.3. The summed E-state index contributed by atoms with van der Waals surface area (Å²) < 4.78 is 22.9. The van der Waals surface area contributed by atoms with E-state index in [1.165, 1.54) is 148 Å². The molecule has 1 N–H and O–H groups in total. The number of carbonyl (C=O) groups excluding carboxylic acids is 2. The first-order valence-corrected chi connectivity index (χ1v) is 30.1. The van der Waals surface area contributed by atoms with Gasteiger partial charge in [0.05, 0.1) is 34.4 Å². The van der Waals surface area contributed by atoms with E-state index in [1.807, 2.05) is 21.1 Å². The highest BCUT2D eigenvalue weighted by Gasteiger charge is 2.25. The Balaban J connectivity index is 4.21. The van der Waals surface area contributed by atoms with Crippen molar-refractivity contribution in [3.63, 3.8) is 0 Å². The Kier molecular flexibility index (Phi) is 52.5. The van der Waals surface area contributed by atoms with E-state index in [2.05, 4.69) is 86.8 Å². The fraction of sp³-hybridized carbons (Fsp3) is 0.766. The number of unbranched alkanes of at least 4 members (excludes halogenated alkanes) is 28. The number of likely N-dealkylation sites (N-methyl/N-ethyl adjacent to an activating group) is 1. The van der Waals surface area contributed by atoms with Gasteiger partial charge in [0.25, 0.3) is 6.29 Å². The summed E-state index contributed by atoms with van der Waals surface area (Å²) in [7, 11) is 5.97. The molecular formula is C64H114NO8+. The van der Waals surface area contributed by atoms with Crippen molar-refractivity contribution in [1.82, 2.24) is 0 Å². The number of aliphatic carboxylic acids is 1. The van der Waals surface area contributed by atoms with Crippen molar-refractivity contribution in [2.75, 3.05) is 47.5 Å². The van der Waals surface area contributed by atoms with Crippen LogP contribution in [0.25, 0.3) is 0 Å². The molecule has 0 radical (unpaired) electrons. The van der Waals surface area contributed by atoms with Gasteiger partial charge in [0.2, 0.25) is 0 Å². The van der Waals surface area contributed by atoms with Crippen LogP contribution in [0.3, 0.4) is 0 Å². The van der Waals surface area contributed by atoms with Crippen LogP contribution in [0, 0.1) is 0 Å². The summed E-state index contributed by atoms with van der Waals surface area (Å²) in [6.45, 7) is 4.76. The standard InChI is InChI=1S/C64H113NO8/c1-6-8-10-12-14-16-18-20-22-24-26-28-29-30-31-32-33-35-36-38-40-42-44-46-48-50-52-54-61(66)71-58-60(59-72-64(63(68)69)70-57-56-65(3,4)5)73-62(67)55-53-51-49-47-45-43-41-39-37-34-27-25-23-21-19-17-15-13-11-9-7-2/h9,11,15,17-18,20-21,23-24,26-27,34,60,64H,6-8,10,12-14,16,19,22,25,28-33,35-59H2,1-5H3/p+1/b11-9-,17-15-,20-18-,23-21-,26-24-,34-27-. The molecule has 0 heterocycles. The van der Waals surface area contributed by atoms with Crippen LogP contribution in [0.5, 0.6) is 0 Å². The molecule has 0 aromatic carbocycles. The maximum Gasteiger partial charge on any atom is 0.361 e. The third kappa shape index (κ3) is 56.3. The first-order chi connectivity index (χ1) is 35.6. The third-order valence-corrected chi connectivity index (χ3v) is 12.9. The first kappa shape index (κ1) is 69.7. The number of rotatable bonds is 55. The highest BCUT2D eigenvalue weighted by atomic mass is 16.7. The van der Waals surface area contributed by atoms with Gasteiger partial charge >= 0.3 is 17.9 Å². The third-order valence-electron chi connectivity index (χ3n) is 12.9. The molecule has 0 saturated heterocycles. The number of quaternary nitrogens is 1. The Morgan fingerprint density at radius 3 is 1.16 bits per heavy atom. The highest BCUT2D eigenvalue weighted by Crippen LogP contribution is 2.16. The van der Waals surface area contributed by atoms with Crippen molar-refractivity contribution in [3.05, 3.63) is 72.9 Å². The van der Waals surface area contributed by atoms with Gasteiger partial charge in [-0.15, -0.1) is 0 Å². The zero-order valence-electron chi connectivity index (χ0n) is 48.0. The van der Waals surface area contributed by atoms with Gasteiger partial charge in [0.1, 0.15) is 13.2 Å². The van der Waals surface area contributed by atoms with Crippen molar-refractivity contribution in [2.24, 2.45) is 0 Å². The minimum Gasteiger partial charge on any atom is -0.477 e. The smallest absolute Gasteiger partial charge is 0.361 e. The molecule has 422 valence electrons. The molecule has 0 bridgehead atoms. The van der Waals surface area contributed by atoms with Crippen molar-refractivity contribution >= 4 is 17.9 Å². The Bertz CT molecular complexity index is 1420. The van der Waals surface area contributed by atoms with Crippen LogP contribution < -0.4 is 0 Å². The highest BCUT2D eigenvalue weighted by molar-refractivity contribution is 5.71. The van der Waals surface area contributed by atoms with Gasteiger partial charge < -0.3 is 28.5 Å². The van der Waals surface area contributed by atoms with E-state index >= 15 is 0 Å². The van der Waals surface area contributed by atoms with Crippen molar-refractivity contribution in [2.45, 2.75) is 270 Å². The number of carboxylic acid groups (broad SMARTS) is 1. The van der Waals surface area contributed by atoms with Crippen LogP contribution in [-0.4, -0.2) is 87.4 Å². The number of ether oxygens (including phenoxy) is 4. The van der Waals surface area contributed by atoms with Gasteiger partial charge in [-0.05, 0) is 83.5 Å². The largest absolute Gasteiger partial charge is 0.477 e. The lowest BCUT2D eigenvalue weighted by atomic mass is 10.0. The second kappa shape index (κ2) is 55.0. The minimum absolute atomic E-state index is 0.184. The van der Waals surface area contributed by atoms with Gasteiger partial charge in [-0.1, -0.05) is 234 Å². The Hall–Kier alpha value is -3.27. The molecule has 73 heavy (non-hydrogen) atoms. The molecule has 0 spiro atoms. The number of esters is 2. The molecule has 0 aromatic heterocycles. The summed E-state index contributed by atoms with van der Waals surface area (Å²) in [5.41, 5.74) is 0. The normalized spacial score (nSPS) is 13.3. The van der Waals surface area contributed by atoms with E-state index in [-0.39, 0.29) is 32.2 Å². The van der Waals surface area contributed by atoms with Gasteiger partial charge in [-0.25, -0.2) is 4.79 Å². The number of hydrogen-bond acceptors (Lipinski definition) is 7. The molecule has 9 nitrogen and oxygen atoms in total. The van der Waals surface area contributed by atoms with Crippen LogP contribution in [-0.2, 0) is 33.3 Å². The number of allylic oxidation sites excluding steroid dienone is 12. The van der Waals surface area contributed by atoms with E-state index in [4.69, 9.17) is 18.9 Å². The zero-order valence-corrected chi connectivity index (χ0v) is 48.0. The summed E-state index contributed by atoms with van der Waals surface area (Å²) in [4.78, 5) is 37.5. The van der Waals surface area contributed by atoms with E-state index in [0.29, 0.717) is 23.9 Å². The average Bonchev–Trinajstić information content (AvgIpc) is 3.36. The van der Waals surface area contributed by atoms with Gasteiger partial charge in [-0.2, -0.15) is 0 Å². The molecule has 0 amide bonds. The van der Waals surface area contributed by atoms with E-state index < -0.39 is 24.3 Å². The fourth-order valence-electron chi connectivity index (χ4n) is 8.33. The Morgan fingerprint density at radius 2 is 0.781 bits per heavy atom. The van der Waals surface area contributed by atoms with Crippen LogP contribution in [0.1, 0.15) is 258 Å². The topological polar surface area (TPSA) is 108 Å². The minimum atomic E-state index is -1.52. The molecule has 0 fully saturated rings. The van der Waals surface area contributed by atoms with Crippen molar-refractivity contribution in [1.29, 1.82) is 0 Å². The molecule has 9 heteroatoms. The molecule has 0 aliphatic rings. The fourth-order valence-corrected chi connectivity index (χ4v) is 8.33. The predicted molar refractivity (Wildman–Crippen MR) is 309 cm³/mol. The summed E-state index contributed by atoms with van der Waals surface area (Å²) >= 11 is 0. The summed E-state index contributed by atoms with van der Waals surface area (Å²) in [5, 5.41) is 9.71. The van der Waals surface area contributed by atoms with Gasteiger partial charge in [-0.3, -0.25) is 9.59 Å². The van der Waals surface area contributed by atoms with Crippen LogP contribution in [0.2, 0.25) is 0 Å². The lowest BCUT2D eigenvalue weighted by Crippen LogP contribution is -2.40. The molecule has 2 unspecified atom stereocenters. The SMILES string of the molecule is CC/C=C\C/C=C\C/C=C\C/C=C\CCCCCCCCCCC(=O)OC(COC(=O)CCCCCCCCCCCCCCCCC/C=C\C/C=C\CCCCCCC)COC(OCC[N+](C)(C)C)C(=O)O. The van der Waals surface area contributed by atoms with Crippen molar-refractivity contribution in [3.8, 4) is 0 Å². The zero-order chi connectivity index (χ0) is 53.4. The first-order valence-electron chi connectivity index (χ1n) is 30.1. The Labute approximate surface area is 449 Å². The molecular weight excluding hydrogens is 911 g/mol. The quantitative estimate of drug-likeness (QED) is 0.0211. The number of carbonyl (C=O) groups is 3. The maximum absolute atomic E-state index is 12.9. The maximum atomic E-state index is 12.9. The molecule has 0 aliphatic carbocycles. The van der Waals surface area contributed by atoms with Crippen molar-refractivity contribution < 1.29 is 42.9 Å². The molecule has 0 rings (SSSR count). The number of nitrogens with zero attached hydrogens (tertiary/aromatic N) is 1. The van der Waals surface area contributed by atoms with Gasteiger partial charge in [0.15, 0.2) is 6.10 Å². The predicted octanol–water partition coefficient (Wildman–Crippen LogP) is 17.8. The average molecular weight is 1030 g/mol. The summed E-state index contributed by atoms with van der Waals surface area (Å²) in [6.07, 6.45) is 68.4. The van der Waals surface area contributed by atoms with Crippen LogP contribution in [0.15, 0.2) is 72.9 Å². The van der Waals surface area contributed by atoms with Crippen LogP contribution in [0.4, 0.5) is 0 Å². The molecule has 0 saturated carbocycles. The second-order valence-corrected chi connectivity index (χ2v) is 21.3. The number of hydrogen-bond donors (Lipinski definition) is 1. The Morgan fingerprint density at radius 1 is 0.425 bits per heavy atom. The van der Waals surface area contributed by atoms with E-state index in [9.17, 15) is 19.5 Å². The summed E-state index contributed by atoms with van der Waals surface area (Å²) in [6, 6.07) is 0. The van der Waals surface area contributed by atoms with Gasteiger partial charge in [0, 0.05) is 12.8 Å². The molecule has 2 atom stereocenters. The monoisotopic (exact) mass is 1020 g/mol.